The van der Waals surface area contributed by atoms with Gasteiger partial charge in [0.1, 0.15) is 11.5 Å². The molecule has 2 aromatic carbocycles. The van der Waals surface area contributed by atoms with E-state index in [0.717, 1.165) is 18.9 Å². The third kappa shape index (κ3) is 6.93. The summed E-state index contributed by atoms with van der Waals surface area (Å²) >= 11 is 0. The Kier molecular flexibility index (Phi) is 9.68. The van der Waals surface area contributed by atoms with Gasteiger partial charge in [-0.05, 0) is 48.4 Å². The molecule has 0 fully saturated rings. The van der Waals surface area contributed by atoms with Crippen molar-refractivity contribution in [1.29, 1.82) is 0 Å². The maximum atomic E-state index is 12.1. The molecule has 0 aliphatic heterocycles. The molecule has 0 aliphatic carbocycles. The number of para-hydroxylation sites is 1. The molecule has 0 saturated heterocycles. The van der Waals surface area contributed by atoms with Crippen LogP contribution >= 0.6 is 0 Å². The minimum atomic E-state index is -4.56. The van der Waals surface area contributed by atoms with E-state index in [2.05, 4.69) is 6.92 Å². The van der Waals surface area contributed by atoms with Gasteiger partial charge in [0.2, 0.25) is 0 Å². The van der Waals surface area contributed by atoms with Crippen LogP contribution in [0.4, 0.5) is 0 Å². The molecule has 0 atom stereocenters. The van der Waals surface area contributed by atoms with Gasteiger partial charge in [0.15, 0.2) is 0 Å². The van der Waals surface area contributed by atoms with Gasteiger partial charge in [0.05, 0.1) is 4.90 Å². The van der Waals surface area contributed by atoms with Crippen molar-refractivity contribution in [2.45, 2.75) is 50.3 Å². The number of ether oxygens (including phenoxy) is 1. The molecule has 0 spiro atoms. The number of unbranched alkanes of at least 4 members (excludes halogenated alkanes) is 4. The first-order chi connectivity index (χ1) is 11.9. The molecule has 26 heavy (non-hydrogen) atoms. The molecule has 0 saturated carbocycles. The van der Waals surface area contributed by atoms with Crippen LogP contribution in [-0.2, 0) is 16.5 Å². The van der Waals surface area contributed by atoms with Crippen molar-refractivity contribution in [1.82, 2.24) is 0 Å². The van der Waals surface area contributed by atoms with E-state index in [-0.39, 0.29) is 35.3 Å². The van der Waals surface area contributed by atoms with Crippen LogP contribution in [0.1, 0.15) is 44.6 Å². The molecule has 1 N–H and O–H groups in total. The number of aryl methyl sites for hydroxylation is 1. The molecule has 5 nitrogen and oxygen atoms in total. The molecule has 7 heteroatoms. The van der Waals surface area contributed by atoms with Crippen molar-refractivity contribution in [3.8, 4) is 17.2 Å². The van der Waals surface area contributed by atoms with Gasteiger partial charge in [-0.2, -0.15) is 8.42 Å². The fraction of sp³-hybridized carbons (Fsp3) is 0.368. The van der Waals surface area contributed by atoms with Crippen molar-refractivity contribution in [2.75, 3.05) is 0 Å². The van der Waals surface area contributed by atoms with Gasteiger partial charge in [-0.15, -0.1) is 0 Å². The van der Waals surface area contributed by atoms with Gasteiger partial charge in [0.25, 0.3) is 10.1 Å². The van der Waals surface area contributed by atoms with Gasteiger partial charge in [-0.1, -0.05) is 50.8 Å². The fourth-order valence-electron chi connectivity index (χ4n) is 2.56. The summed E-state index contributed by atoms with van der Waals surface area (Å²) in [5, 5.41) is 12.1. The summed E-state index contributed by atoms with van der Waals surface area (Å²) in [4.78, 5) is -0.686. The summed E-state index contributed by atoms with van der Waals surface area (Å²) in [6.07, 6.45) is 7.11. The second-order valence-electron chi connectivity index (χ2n) is 5.97. The van der Waals surface area contributed by atoms with Gasteiger partial charge in [0, 0.05) is 0 Å². The van der Waals surface area contributed by atoms with Crippen molar-refractivity contribution in [3.05, 3.63) is 48.0 Å². The quantitative estimate of drug-likeness (QED) is 0.399. The average molecular weight is 386 g/mol. The first-order valence-electron chi connectivity index (χ1n) is 8.46. The van der Waals surface area contributed by atoms with E-state index in [1.807, 2.05) is 12.1 Å². The van der Waals surface area contributed by atoms with E-state index in [4.69, 9.17) is 9.29 Å². The summed E-state index contributed by atoms with van der Waals surface area (Å²) in [6.45, 7) is 2.19. The Bertz CT molecular complexity index is 788. The third-order valence-corrected chi connectivity index (χ3v) is 4.82. The zero-order valence-corrected chi connectivity index (χ0v) is 18.1. The van der Waals surface area contributed by atoms with Gasteiger partial charge >= 0.3 is 29.6 Å². The Hall–Kier alpha value is -1.05. The Morgan fingerprint density at radius 2 is 1.65 bits per heavy atom. The number of benzene rings is 2. The van der Waals surface area contributed by atoms with Crippen LogP contribution in [0.25, 0.3) is 0 Å². The van der Waals surface area contributed by atoms with E-state index < -0.39 is 20.8 Å². The van der Waals surface area contributed by atoms with Crippen molar-refractivity contribution in [2.24, 2.45) is 0 Å². The Morgan fingerprint density at radius 1 is 1.00 bits per heavy atom. The van der Waals surface area contributed by atoms with Crippen molar-refractivity contribution >= 4 is 10.1 Å². The second kappa shape index (κ2) is 10.9. The average Bonchev–Trinajstić information content (AvgIpc) is 2.57. The summed E-state index contributed by atoms with van der Waals surface area (Å²) in [6, 6.07) is 11.1. The van der Waals surface area contributed by atoms with Crippen LogP contribution in [-0.4, -0.2) is 13.0 Å². The molecule has 2 rings (SSSR count). The molecule has 0 heterocycles. The standard InChI is InChI=1S/C19H24O5S.Na/c1-2-3-4-5-6-8-15-11-13-16(14-12-15)24-17-9-7-10-18(19(17)20)25(21,22)23;/h7,9-14,20H,2-6,8H2,1H3,(H,21,22,23);/q;+1/p-1. The number of hydrogen-bond donors (Lipinski definition) is 1. The first kappa shape index (κ1) is 23.0. The molecule has 0 bridgehead atoms. The van der Waals surface area contributed by atoms with Crippen LogP contribution in [0.5, 0.6) is 17.2 Å². The zero-order valence-electron chi connectivity index (χ0n) is 15.3. The summed E-state index contributed by atoms with van der Waals surface area (Å²) in [5.41, 5.74) is 1.19. The summed E-state index contributed by atoms with van der Waals surface area (Å²) in [5.74, 6) is -0.549. The predicted octanol–water partition coefficient (Wildman–Crippen LogP) is 1.32. The topological polar surface area (TPSA) is 86.7 Å². The Balaban J connectivity index is 0.00000338. The molecule has 0 unspecified atom stereocenters. The van der Waals surface area contributed by atoms with Gasteiger partial charge < -0.3 is 9.84 Å². The molecular weight excluding hydrogens is 363 g/mol. The van der Waals surface area contributed by atoms with E-state index in [0.29, 0.717) is 5.75 Å². The Morgan fingerprint density at radius 3 is 2.27 bits per heavy atom. The van der Waals surface area contributed by atoms with E-state index >= 15 is 0 Å². The SMILES string of the molecule is CCCCCCCc1ccc(Oc2cccc(S(=O)(=O)O)c2[O-])cc1.[Na+]. The number of rotatable bonds is 9. The smallest absolute Gasteiger partial charge is 0.869 e. The van der Waals surface area contributed by atoms with Crippen LogP contribution in [0, 0.1) is 0 Å². The van der Waals surface area contributed by atoms with Crippen molar-refractivity contribution < 1.29 is 52.4 Å². The minimum absolute atomic E-state index is 0. The molecule has 0 aliphatic rings. The normalized spacial score (nSPS) is 11.0. The second-order valence-corrected chi connectivity index (χ2v) is 7.36. The van der Waals surface area contributed by atoms with Crippen molar-refractivity contribution in [3.63, 3.8) is 0 Å². The van der Waals surface area contributed by atoms with Gasteiger partial charge in [-0.3, -0.25) is 4.55 Å². The molecule has 0 aromatic heterocycles. The van der Waals surface area contributed by atoms with E-state index in [1.54, 1.807) is 12.1 Å². The van der Waals surface area contributed by atoms with E-state index in [1.165, 1.54) is 43.4 Å². The van der Waals surface area contributed by atoms with Gasteiger partial charge in [-0.25, -0.2) is 0 Å². The third-order valence-electron chi connectivity index (χ3n) is 3.94. The monoisotopic (exact) mass is 386 g/mol. The number of hydrogen-bond acceptors (Lipinski definition) is 4. The maximum Gasteiger partial charge on any atom is 1.00 e. The minimum Gasteiger partial charge on any atom is -0.869 e. The molecule has 136 valence electrons. The molecule has 2 aromatic rings. The van der Waals surface area contributed by atoms with Crippen LogP contribution < -0.4 is 39.4 Å². The van der Waals surface area contributed by atoms with Crippen LogP contribution in [0.2, 0.25) is 0 Å². The summed E-state index contributed by atoms with van der Waals surface area (Å²) < 4.78 is 36.9. The maximum absolute atomic E-state index is 12.1. The summed E-state index contributed by atoms with van der Waals surface area (Å²) in [7, 11) is -4.56. The molecule has 0 amide bonds. The Labute approximate surface area is 177 Å². The van der Waals surface area contributed by atoms with Crippen LogP contribution in [0.3, 0.4) is 0 Å². The fourth-order valence-corrected chi connectivity index (χ4v) is 3.15. The zero-order chi connectivity index (χ0) is 18.3. The predicted molar refractivity (Wildman–Crippen MR) is 94.7 cm³/mol. The van der Waals surface area contributed by atoms with Crippen LogP contribution in [0.15, 0.2) is 47.4 Å². The molecular formula is C19H23NaO5S. The largest absolute Gasteiger partial charge is 1.00 e. The first-order valence-corrected chi connectivity index (χ1v) is 9.90. The molecule has 0 radical (unpaired) electrons. The van der Waals surface area contributed by atoms with E-state index in [9.17, 15) is 13.5 Å².